The number of aliphatic hydroxyl groups is 1. The van der Waals surface area contributed by atoms with Gasteiger partial charge in [-0.05, 0) is 44.7 Å². The maximum Gasteiger partial charge on any atom is 0.290 e. The van der Waals surface area contributed by atoms with Gasteiger partial charge in [0, 0.05) is 6.04 Å². The highest BCUT2D eigenvalue weighted by atomic mass is 32.1. The zero-order valence-electron chi connectivity index (χ0n) is 16.4. The second-order valence-electron chi connectivity index (χ2n) is 7.65. The Balaban J connectivity index is 1.86. The lowest BCUT2D eigenvalue weighted by atomic mass is 9.91. The molecule has 2 aliphatic rings. The summed E-state index contributed by atoms with van der Waals surface area (Å²) in [6, 6.07) is 7.29. The SMILES string of the molecule is Cc1nc(C)c(C(=O)C2=C(O)C(=O)N(C3CCCC3)C2c2ccccc2C)s1. The minimum atomic E-state index is -0.550. The number of carbonyl (C=O) groups is 2. The third kappa shape index (κ3) is 2.96. The lowest BCUT2D eigenvalue weighted by molar-refractivity contribution is -0.131. The number of nitrogens with zero attached hydrogens (tertiary/aromatic N) is 2. The molecule has 1 aliphatic carbocycles. The standard InChI is InChI=1S/C22H24N2O3S/c1-12-8-4-7-11-16(12)18-17(19(25)21-13(2)23-14(3)28-21)20(26)22(27)24(18)15-9-5-6-10-15/h4,7-8,11,15,18,26H,5-6,9-10H2,1-3H3. The van der Waals surface area contributed by atoms with E-state index in [1.807, 2.05) is 38.1 Å². The van der Waals surface area contributed by atoms with Gasteiger partial charge in [0.2, 0.25) is 5.78 Å². The summed E-state index contributed by atoms with van der Waals surface area (Å²) in [5.41, 5.74) is 2.73. The molecule has 1 aromatic carbocycles. The van der Waals surface area contributed by atoms with Crippen molar-refractivity contribution in [2.45, 2.75) is 58.5 Å². The van der Waals surface area contributed by atoms with Gasteiger partial charge in [-0.2, -0.15) is 0 Å². The fourth-order valence-electron chi connectivity index (χ4n) is 4.48. The molecule has 1 N–H and O–H groups in total. The number of ketones is 1. The van der Waals surface area contributed by atoms with E-state index in [1.54, 1.807) is 11.8 Å². The van der Waals surface area contributed by atoms with Gasteiger partial charge < -0.3 is 10.0 Å². The summed E-state index contributed by atoms with van der Waals surface area (Å²) in [6.07, 6.45) is 3.93. The Morgan fingerprint density at radius 3 is 2.46 bits per heavy atom. The molecule has 0 bridgehead atoms. The molecule has 1 atom stereocenters. The number of thiazole rings is 1. The molecule has 28 heavy (non-hydrogen) atoms. The van der Waals surface area contributed by atoms with Crippen molar-refractivity contribution in [2.24, 2.45) is 0 Å². The number of hydrogen-bond donors (Lipinski definition) is 1. The Kier molecular flexibility index (Phi) is 4.83. The molecule has 1 amide bonds. The highest BCUT2D eigenvalue weighted by Crippen LogP contribution is 2.44. The largest absolute Gasteiger partial charge is 0.503 e. The van der Waals surface area contributed by atoms with Crippen molar-refractivity contribution in [3.63, 3.8) is 0 Å². The topological polar surface area (TPSA) is 70.5 Å². The van der Waals surface area contributed by atoms with Crippen molar-refractivity contribution in [3.8, 4) is 0 Å². The van der Waals surface area contributed by atoms with Crippen LogP contribution in [-0.2, 0) is 4.79 Å². The van der Waals surface area contributed by atoms with E-state index in [9.17, 15) is 14.7 Å². The molecular formula is C22H24N2O3S. The predicted molar refractivity (Wildman–Crippen MR) is 109 cm³/mol. The molecule has 2 heterocycles. The summed E-state index contributed by atoms with van der Waals surface area (Å²) in [6.45, 7) is 5.63. The molecule has 1 aliphatic heterocycles. The molecule has 2 aromatic rings. The van der Waals surface area contributed by atoms with E-state index in [1.165, 1.54) is 11.3 Å². The van der Waals surface area contributed by atoms with E-state index in [-0.39, 0.29) is 17.4 Å². The molecule has 0 radical (unpaired) electrons. The number of hydrogen-bond acceptors (Lipinski definition) is 5. The smallest absolute Gasteiger partial charge is 0.290 e. The zero-order valence-corrected chi connectivity index (χ0v) is 17.2. The molecule has 1 fully saturated rings. The third-order valence-corrected chi connectivity index (χ3v) is 6.87. The van der Waals surface area contributed by atoms with E-state index < -0.39 is 17.7 Å². The van der Waals surface area contributed by atoms with E-state index in [4.69, 9.17) is 0 Å². The van der Waals surface area contributed by atoms with Crippen molar-refractivity contribution in [2.75, 3.05) is 0 Å². The van der Waals surface area contributed by atoms with Gasteiger partial charge in [-0.25, -0.2) is 4.98 Å². The fourth-order valence-corrected chi connectivity index (χ4v) is 5.35. The fraction of sp³-hybridized carbons (Fsp3) is 0.409. The summed E-state index contributed by atoms with van der Waals surface area (Å²) < 4.78 is 0. The number of rotatable bonds is 4. The molecule has 6 heteroatoms. The molecule has 1 unspecified atom stereocenters. The Labute approximate surface area is 168 Å². The molecule has 0 spiro atoms. The van der Waals surface area contributed by atoms with Crippen molar-refractivity contribution < 1.29 is 14.7 Å². The first-order chi connectivity index (χ1) is 13.4. The van der Waals surface area contributed by atoms with E-state index in [0.717, 1.165) is 41.8 Å². The van der Waals surface area contributed by atoms with Crippen LogP contribution in [0.4, 0.5) is 0 Å². The average molecular weight is 397 g/mol. The van der Waals surface area contributed by atoms with Gasteiger partial charge in [0.25, 0.3) is 5.91 Å². The van der Waals surface area contributed by atoms with Crippen molar-refractivity contribution in [1.82, 2.24) is 9.88 Å². The first-order valence-corrected chi connectivity index (χ1v) is 10.5. The maximum atomic E-state index is 13.5. The summed E-state index contributed by atoms with van der Waals surface area (Å²) in [7, 11) is 0. The number of carbonyl (C=O) groups excluding carboxylic acids is 2. The van der Waals surface area contributed by atoms with Gasteiger partial charge in [0.05, 0.1) is 27.2 Å². The van der Waals surface area contributed by atoms with Crippen LogP contribution in [0.5, 0.6) is 0 Å². The van der Waals surface area contributed by atoms with Gasteiger partial charge in [-0.15, -0.1) is 11.3 Å². The third-order valence-electron chi connectivity index (χ3n) is 5.80. The molecule has 1 aromatic heterocycles. The number of amides is 1. The highest BCUT2D eigenvalue weighted by Gasteiger charge is 2.47. The normalized spacial score (nSPS) is 20.5. The van der Waals surface area contributed by atoms with Crippen molar-refractivity contribution >= 4 is 23.0 Å². The average Bonchev–Trinajstić information content (AvgIpc) is 3.35. The first-order valence-electron chi connectivity index (χ1n) is 9.70. The van der Waals surface area contributed by atoms with Crippen LogP contribution in [-0.4, -0.2) is 32.7 Å². The van der Waals surface area contributed by atoms with E-state index >= 15 is 0 Å². The molecular weight excluding hydrogens is 372 g/mol. The molecule has 146 valence electrons. The highest BCUT2D eigenvalue weighted by molar-refractivity contribution is 7.14. The van der Waals surface area contributed by atoms with E-state index in [0.29, 0.717) is 10.6 Å². The number of benzene rings is 1. The van der Waals surface area contributed by atoms with Crippen molar-refractivity contribution in [3.05, 3.63) is 62.3 Å². The summed E-state index contributed by atoms with van der Waals surface area (Å²) in [5.74, 6) is -1.12. The van der Waals surface area contributed by atoms with Gasteiger partial charge in [0.1, 0.15) is 0 Å². The van der Waals surface area contributed by atoms with Gasteiger partial charge in [0.15, 0.2) is 5.76 Å². The summed E-state index contributed by atoms with van der Waals surface area (Å²) in [4.78, 5) is 33.1. The Morgan fingerprint density at radius 1 is 1.18 bits per heavy atom. The lowest BCUT2D eigenvalue weighted by Crippen LogP contribution is -2.39. The molecule has 4 rings (SSSR count). The molecule has 5 nitrogen and oxygen atoms in total. The summed E-state index contributed by atoms with van der Waals surface area (Å²) in [5, 5.41) is 11.6. The monoisotopic (exact) mass is 396 g/mol. The first kappa shape index (κ1) is 18.9. The minimum absolute atomic E-state index is 0.0499. The Morgan fingerprint density at radius 2 is 1.86 bits per heavy atom. The van der Waals surface area contributed by atoms with Crippen LogP contribution < -0.4 is 0 Å². The quantitative estimate of drug-likeness (QED) is 0.768. The number of Topliss-reactive ketones (excluding diaryl/α,β-unsaturated/α-hetero) is 1. The van der Waals surface area contributed by atoms with Gasteiger partial charge >= 0.3 is 0 Å². The van der Waals surface area contributed by atoms with Crippen molar-refractivity contribution in [1.29, 1.82) is 0 Å². The Hall–Kier alpha value is -2.47. The number of aryl methyl sites for hydroxylation is 3. The second kappa shape index (κ2) is 7.17. The van der Waals surface area contributed by atoms with Crippen LogP contribution in [0.3, 0.4) is 0 Å². The molecule has 0 saturated heterocycles. The lowest BCUT2D eigenvalue weighted by Gasteiger charge is -2.32. The van der Waals surface area contributed by atoms with Crippen LogP contribution >= 0.6 is 11.3 Å². The van der Waals surface area contributed by atoms with Crippen LogP contribution in [0.15, 0.2) is 35.6 Å². The zero-order chi connectivity index (χ0) is 20.0. The van der Waals surface area contributed by atoms with Crippen LogP contribution in [0.2, 0.25) is 0 Å². The van der Waals surface area contributed by atoms with Crippen LogP contribution in [0.25, 0.3) is 0 Å². The maximum absolute atomic E-state index is 13.5. The van der Waals surface area contributed by atoms with Crippen LogP contribution in [0, 0.1) is 20.8 Å². The van der Waals surface area contributed by atoms with Crippen LogP contribution in [0.1, 0.15) is 63.2 Å². The van der Waals surface area contributed by atoms with Gasteiger partial charge in [-0.1, -0.05) is 37.1 Å². The Bertz CT molecular complexity index is 985. The minimum Gasteiger partial charge on any atom is -0.503 e. The predicted octanol–water partition coefficient (Wildman–Crippen LogP) is 4.59. The molecule has 1 saturated carbocycles. The van der Waals surface area contributed by atoms with Gasteiger partial charge in [-0.3, -0.25) is 9.59 Å². The number of aromatic nitrogens is 1. The number of aliphatic hydroxyl groups excluding tert-OH is 1. The second-order valence-corrected chi connectivity index (χ2v) is 8.85. The van der Waals surface area contributed by atoms with E-state index in [2.05, 4.69) is 4.98 Å². The summed E-state index contributed by atoms with van der Waals surface area (Å²) >= 11 is 1.31.